The SMILES string of the molecule is CC/C=C\C/C=C\C/C=C\C/C=C\C/C=C\C/C=C\C/C=C\CCCC(=O)OCC(COC(=O)CCCCCCCCCCCC)OC(=O)CCCCCCC/C=C\CCCCCCCCC. The Hall–Kier alpha value is -3.67. The molecule has 0 fully saturated rings. The summed E-state index contributed by atoms with van der Waals surface area (Å²) in [5.41, 5.74) is 0. The summed E-state index contributed by atoms with van der Waals surface area (Å²) in [6, 6.07) is 0. The highest BCUT2D eigenvalue weighted by atomic mass is 16.6. The second-order valence-corrected chi connectivity index (χ2v) is 18.1. The van der Waals surface area contributed by atoms with Gasteiger partial charge in [0, 0.05) is 19.3 Å². The Kier molecular flexibility index (Phi) is 51.9. The zero-order valence-corrected chi connectivity index (χ0v) is 43.6. The van der Waals surface area contributed by atoms with Crippen LogP contribution in [0.4, 0.5) is 0 Å². The van der Waals surface area contributed by atoms with Gasteiger partial charge in [-0.15, -0.1) is 0 Å². The van der Waals surface area contributed by atoms with Gasteiger partial charge in [-0.2, -0.15) is 0 Å². The van der Waals surface area contributed by atoms with Crippen LogP contribution in [0.25, 0.3) is 0 Å². The standard InChI is InChI=1S/C61H102O6/c1-4-7-10-13-16-19-22-24-26-28-29-30-31-32-33-34-36-37-39-42-45-48-51-54-60(63)66-57-58(56-65-59(62)53-50-47-44-41-21-18-15-12-9-6-3)67-61(64)55-52-49-46-43-40-38-35-27-25-23-20-17-14-11-8-5-2/h7,10,16,19,24,26-27,29-30,32-33,35-37,42,45,58H,4-6,8-9,11-15,17-18,20-23,25,28,31,34,38-41,43-44,46-57H2,1-3H3/b10-7-,19-16-,26-24-,30-29-,33-32-,35-27-,37-36-,45-42-. The van der Waals surface area contributed by atoms with Crippen LogP contribution in [0.2, 0.25) is 0 Å². The second kappa shape index (κ2) is 54.9. The molecule has 0 amide bonds. The first-order chi connectivity index (χ1) is 33.0. The van der Waals surface area contributed by atoms with Gasteiger partial charge in [-0.1, -0.05) is 234 Å². The van der Waals surface area contributed by atoms with E-state index in [1.54, 1.807) is 0 Å². The van der Waals surface area contributed by atoms with Gasteiger partial charge in [0.1, 0.15) is 13.2 Å². The number of hydrogen-bond donors (Lipinski definition) is 0. The van der Waals surface area contributed by atoms with Crippen molar-refractivity contribution < 1.29 is 28.6 Å². The minimum absolute atomic E-state index is 0.0978. The molecule has 0 spiro atoms. The first-order valence-electron chi connectivity index (χ1n) is 27.7. The first kappa shape index (κ1) is 63.3. The van der Waals surface area contributed by atoms with Crippen molar-refractivity contribution in [3.8, 4) is 0 Å². The topological polar surface area (TPSA) is 78.9 Å². The van der Waals surface area contributed by atoms with E-state index in [0.717, 1.165) is 103 Å². The van der Waals surface area contributed by atoms with Gasteiger partial charge < -0.3 is 14.2 Å². The van der Waals surface area contributed by atoms with Crippen molar-refractivity contribution in [2.75, 3.05) is 13.2 Å². The molecular formula is C61H102O6. The van der Waals surface area contributed by atoms with E-state index in [1.165, 1.54) is 103 Å². The molecule has 0 aliphatic heterocycles. The maximum absolute atomic E-state index is 12.8. The Morgan fingerprint density at radius 2 is 0.597 bits per heavy atom. The Morgan fingerprint density at radius 3 is 0.985 bits per heavy atom. The van der Waals surface area contributed by atoms with E-state index in [2.05, 4.69) is 118 Å². The van der Waals surface area contributed by atoms with Gasteiger partial charge in [0.2, 0.25) is 0 Å². The van der Waals surface area contributed by atoms with Crippen molar-refractivity contribution in [1.29, 1.82) is 0 Å². The maximum Gasteiger partial charge on any atom is 0.306 e. The number of rotatable bonds is 49. The van der Waals surface area contributed by atoms with E-state index in [0.29, 0.717) is 19.3 Å². The first-order valence-corrected chi connectivity index (χ1v) is 27.7. The van der Waals surface area contributed by atoms with Gasteiger partial charge in [-0.05, 0) is 96.3 Å². The molecule has 0 saturated carbocycles. The van der Waals surface area contributed by atoms with E-state index < -0.39 is 6.10 Å². The lowest BCUT2D eigenvalue weighted by molar-refractivity contribution is -0.167. The normalized spacial score (nSPS) is 12.8. The Morgan fingerprint density at radius 1 is 0.313 bits per heavy atom. The quantitative estimate of drug-likeness (QED) is 0.0262. The van der Waals surface area contributed by atoms with Gasteiger partial charge in [-0.25, -0.2) is 0 Å². The lowest BCUT2D eigenvalue weighted by atomic mass is 10.1. The molecule has 0 N–H and O–H groups in total. The minimum atomic E-state index is -0.803. The summed E-state index contributed by atoms with van der Waals surface area (Å²) >= 11 is 0. The molecule has 0 heterocycles. The second-order valence-electron chi connectivity index (χ2n) is 18.1. The van der Waals surface area contributed by atoms with E-state index in [1.807, 2.05) is 0 Å². The van der Waals surface area contributed by atoms with Gasteiger partial charge in [0.05, 0.1) is 0 Å². The smallest absolute Gasteiger partial charge is 0.306 e. The monoisotopic (exact) mass is 931 g/mol. The Bertz CT molecular complexity index is 1350. The molecule has 0 saturated heterocycles. The number of allylic oxidation sites excluding steroid dienone is 16. The number of esters is 3. The highest BCUT2D eigenvalue weighted by Gasteiger charge is 2.19. The lowest BCUT2D eigenvalue weighted by Crippen LogP contribution is -2.30. The van der Waals surface area contributed by atoms with Crippen LogP contribution in [0.3, 0.4) is 0 Å². The zero-order chi connectivity index (χ0) is 48.6. The fourth-order valence-corrected chi connectivity index (χ4v) is 7.43. The highest BCUT2D eigenvalue weighted by Crippen LogP contribution is 2.14. The third-order valence-electron chi connectivity index (χ3n) is 11.6. The summed E-state index contributed by atoms with van der Waals surface area (Å²) in [6.45, 7) is 6.45. The molecule has 0 aromatic carbocycles. The number of unbranched alkanes of at least 4 members (excludes halogenated alkanes) is 22. The summed E-state index contributed by atoms with van der Waals surface area (Å²) in [5, 5.41) is 0. The predicted octanol–water partition coefficient (Wildman–Crippen LogP) is 18.5. The van der Waals surface area contributed by atoms with Gasteiger partial charge >= 0.3 is 17.9 Å². The van der Waals surface area contributed by atoms with Crippen molar-refractivity contribution in [2.24, 2.45) is 0 Å². The molecule has 0 bridgehead atoms. The van der Waals surface area contributed by atoms with Gasteiger partial charge in [-0.3, -0.25) is 14.4 Å². The summed E-state index contributed by atoms with van der Waals surface area (Å²) in [6.07, 6.45) is 72.6. The van der Waals surface area contributed by atoms with Crippen molar-refractivity contribution in [3.05, 3.63) is 97.2 Å². The molecule has 382 valence electrons. The molecule has 6 nitrogen and oxygen atoms in total. The minimum Gasteiger partial charge on any atom is -0.462 e. The summed E-state index contributed by atoms with van der Waals surface area (Å²) in [7, 11) is 0. The molecule has 0 radical (unpaired) electrons. The fourth-order valence-electron chi connectivity index (χ4n) is 7.43. The Balaban J connectivity index is 4.44. The average molecular weight is 931 g/mol. The molecular weight excluding hydrogens is 829 g/mol. The molecule has 0 aromatic rings. The number of carbonyl (C=O) groups is 3. The maximum atomic E-state index is 12.8. The molecule has 0 aliphatic rings. The predicted molar refractivity (Wildman–Crippen MR) is 288 cm³/mol. The summed E-state index contributed by atoms with van der Waals surface area (Å²) in [5.74, 6) is -0.969. The highest BCUT2D eigenvalue weighted by molar-refractivity contribution is 5.71. The van der Waals surface area contributed by atoms with E-state index in [4.69, 9.17) is 14.2 Å². The van der Waals surface area contributed by atoms with Crippen LogP contribution < -0.4 is 0 Å². The number of ether oxygens (including phenoxy) is 3. The number of carbonyl (C=O) groups excluding carboxylic acids is 3. The van der Waals surface area contributed by atoms with Crippen molar-refractivity contribution in [3.63, 3.8) is 0 Å². The third-order valence-corrected chi connectivity index (χ3v) is 11.6. The molecule has 1 unspecified atom stereocenters. The molecule has 6 heteroatoms. The summed E-state index contributed by atoms with van der Waals surface area (Å²) in [4.78, 5) is 38.0. The molecule has 0 aromatic heterocycles. The van der Waals surface area contributed by atoms with E-state index in [9.17, 15) is 14.4 Å². The van der Waals surface area contributed by atoms with Gasteiger partial charge in [0.15, 0.2) is 6.10 Å². The lowest BCUT2D eigenvalue weighted by Gasteiger charge is -2.18. The summed E-state index contributed by atoms with van der Waals surface area (Å²) < 4.78 is 16.8. The van der Waals surface area contributed by atoms with Crippen LogP contribution in [0.5, 0.6) is 0 Å². The van der Waals surface area contributed by atoms with Crippen LogP contribution in [0, 0.1) is 0 Å². The fraction of sp³-hybridized carbons (Fsp3) is 0.689. The molecule has 67 heavy (non-hydrogen) atoms. The number of hydrogen-bond acceptors (Lipinski definition) is 6. The van der Waals surface area contributed by atoms with Crippen molar-refractivity contribution in [2.45, 2.75) is 258 Å². The van der Waals surface area contributed by atoms with Crippen LogP contribution in [-0.4, -0.2) is 37.2 Å². The zero-order valence-electron chi connectivity index (χ0n) is 43.6. The molecule has 0 aliphatic carbocycles. The van der Waals surface area contributed by atoms with Gasteiger partial charge in [0.25, 0.3) is 0 Å². The van der Waals surface area contributed by atoms with E-state index >= 15 is 0 Å². The molecule has 1 atom stereocenters. The van der Waals surface area contributed by atoms with Crippen LogP contribution in [0.1, 0.15) is 252 Å². The third kappa shape index (κ3) is 53.2. The van der Waals surface area contributed by atoms with E-state index in [-0.39, 0.29) is 37.5 Å². The molecule has 0 rings (SSSR count). The van der Waals surface area contributed by atoms with Crippen molar-refractivity contribution in [1.82, 2.24) is 0 Å². The van der Waals surface area contributed by atoms with Crippen LogP contribution >= 0.6 is 0 Å². The Labute approximate surface area is 413 Å². The average Bonchev–Trinajstić information content (AvgIpc) is 3.33. The van der Waals surface area contributed by atoms with Crippen LogP contribution in [-0.2, 0) is 28.6 Å². The van der Waals surface area contributed by atoms with Crippen LogP contribution in [0.15, 0.2) is 97.2 Å². The van der Waals surface area contributed by atoms with Crippen molar-refractivity contribution >= 4 is 17.9 Å². The largest absolute Gasteiger partial charge is 0.462 e.